The lowest BCUT2D eigenvalue weighted by molar-refractivity contribution is -0.138. The first-order valence-electron chi connectivity index (χ1n) is 18.5. The van der Waals surface area contributed by atoms with Crippen LogP contribution < -0.4 is 16.0 Å². The number of hydrogen-bond acceptors (Lipinski definition) is 7. The fourth-order valence-corrected chi connectivity index (χ4v) is 7.50. The predicted octanol–water partition coefficient (Wildman–Crippen LogP) is 6.61. The molecule has 3 N–H and O–H groups in total. The standard InChI is InChI=1S/C43H43N5O7/c1-27-23-33(45-41(51)35-16-10-22-48(35)42(52)38(46-43(53)54-2)30-13-7-4-8-14-30)25-31-26-36(55-39(27)31)29-17-19-32(20-18-29)44-40(50)34-15-9-21-47(34)37(49)24-28-11-5-3-6-12-28/h3-8,11-14,17-20,23,25-26,34-35,38H,9-10,15-16,21-22,24H2,1-2H3,(H,44,50)(H,45,51)(H,46,53)/t34?,35?,38-/m0/s1. The highest BCUT2D eigenvalue weighted by molar-refractivity contribution is 6.01. The van der Waals surface area contributed by atoms with Gasteiger partial charge in [0.25, 0.3) is 5.91 Å². The summed E-state index contributed by atoms with van der Waals surface area (Å²) in [6.07, 6.45) is 2.04. The van der Waals surface area contributed by atoms with E-state index in [0.29, 0.717) is 60.6 Å². The molecule has 4 aromatic carbocycles. The number of amides is 5. The number of hydrogen-bond donors (Lipinski definition) is 3. The third kappa shape index (κ3) is 8.23. The largest absolute Gasteiger partial charge is 0.456 e. The van der Waals surface area contributed by atoms with Crippen LogP contribution in [0.1, 0.15) is 48.4 Å². The van der Waals surface area contributed by atoms with Crippen LogP contribution >= 0.6 is 0 Å². The van der Waals surface area contributed by atoms with Gasteiger partial charge in [-0.05, 0) is 91.8 Å². The van der Waals surface area contributed by atoms with Crippen LogP contribution in [-0.2, 0) is 30.3 Å². The van der Waals surface area contributed by atoms with E-state index in [1.807, 2.05) is 85.8 Å². The van der Waals surface area contributed by atoms with Gasteiger partial charge in [-0.15, -0.1) is 0 Å². The van der Waals surface area contributed by atoms with Crippen LogP contribution in [0.2, 0.25) is 0 Å². The van der Waals surface area contributed by atoms with E-state index in [1.54, 1.807) is 29.2 Å². The van der Waals surface area contributed by atoms with Crippen molar-refractivity contribution in [1.29, 1.82) is 0 Å². The van der Waals surface area contributed by atoms with Crippen molar-refractivity contribution >= 4 is 52.1 Å². The second kappa shape index (κ2) is 16.3. The maximum Gasteiger partial charge on any atom is 0.407 e. The second-order valence-electron chi connectivity index (χ2n) is 14.0. The Morgan fingerprint density at radius 1 is 0.764 bits per heavy atom. The molecule has 0 bridgehead atoms. The van der Waals surface area contributed by atoms with E-state index in [1.165, 1.54) is 12.0 Å². The highest BCUT2D eigenvalue weighted by atomic mass is 16.5. The number of nitrogens with zero attached hydrogens (tertiary/aromatic N) is 2. The van der Waals surface area contributed by atoms with Gasteiger partial charge in [-0.2, -0.15) is 0 Å². The quantitative estimate of drug-likeness (QED) is 0.146. The van der Waals surface area contributed by atoms with Gasteiger partial charge in [0.15, 0.2) is 0 Å². The first kappa shape index (κ1) is 36.9. The highest BCUT2D eigenvalue weighted by Crippen LogP contribution is 2.33. The third-order valence-electron chi connectivity index (χ3n) is 10.2. The lowest BCUT2D eigenvalue weighted by Gasteiger charge is -2.28. The Kier molecular flexibility index (Phi) is 10.9. The molecule has 2 unspecified atom stereocenters. The van der Waals surface area contributed by atoms with Gasteiger partial charge in [0.1, 0.15) is 29.5 Å². The van der Waals surface area contributed by atoms with Crippen molar-refractivity contribution < 1.29 is 33.1 Å². The van der Waals surface area contributed by atoms with E-state index in [4.69, 9.17) is 9.15 Å². The molecule has 2 fully saturated rings. The van der Waals surface area contributed by atoms with Gasteiger partial charge in [0.05, 0.1) is 13.5 Å². The summed E-state index contributed by atoms with van der Waals surface area (Å²) in [6, 6.07) is 29.1. The van der Waals surface area contributed by atoms with E-state index in [0.717, 1.165) is 28.5 Å². The van der Waals surface area contributed by atoms with Crippen LogP contribution in [-0.4, -0.2) is 71.8 Å². The Hall–Kier alpha value is -6.43. The molecule has 7 rings (SSSR count). The highest BCUT2D eigenvalue weighted by Gasteiger charge is 2.39. The third-order valence-corrected chi connectivity index (χ3v) is 10.2. The molecule has 12 nitrogen and oxygen atoms in total. The first-order valence-corrected chi connectivity index (χ1v) is 18.5. The molecule has 2 aliphatic heterocycles. The SMILES string of the molecule is COC(=O)N[C@H](C(=O)N1CCCC1C(=O)Nc1cc(C)c2oc(-c3ccc(NC(=O)C4CCCN4C(=O)Cc4ccccc4)cc3)cc2c1)c1ccccc1. The van der Waals surface area contributed by atoms with Crippen molar-refractivity contribution in [3.05, 3.63) is 120 Å². The van der Waals surface area contributed by atoms with Crippen LogP contribution in [0, 0.1) is 6.92 Å². The average Bonchev–Trinajstić information content (AvgIpc) is 3.99. The summed E-state index contributed by atoms with van der Waals surface area (Å²) in [6.45, 7) is 2.83. The average molecular weight is 742 g/mol. The summed E-state index contributed by atoms with van der Waals surface area (Å²) in [5.41, 5.74) is 4.97. The van der Waals surface area contributed by atoms with Gasteiger partial charge in [-0.1, -0.05) is 60.7 Å². The number of carbonyl (C=O) groups excluding carboxylic acids is 5. The first-order chi connectivity index (χ1) is 26.7. The lowest BCUT2D eigenvalue weighted by Crippen LogP contribution is -2.48. The minimum absolute atomic E-state index is 0.0558. The number of aryl methyl sites for hydroxylation is 1. The number of likely N-dealkylation sites (tertiary alicyclic amines) is 2. The molecule has 0 aliphatic carbocycles. The molecule has 3 atom stereocenters. The topological polar surface area (TPSA) is 150 Å². The normalized spacial score (nSPS) is 17.1. The molecule has 1 aromatic heterocycles. The number of fused-ring (bicyclic) bond motifs is 1. The number of methoxy groups -OCH3 is 1. The summed E-state index contributed by atoms with van der Waals surface area (Å²) in [4.78, 5) is 69.1. The molecule has 2 aliphatic rings. The maximum absolute atomic E-state index is 13.8. The molecule has 282 valence electrons. The van der Waals surface area contributed by atoms with Crippen molar-refractivity contribution in [3.63, 3.8) is 0 Å². The van der Waals surface area contributed by atoms with Gasteiger partial charge in [-0.25, -0.2) is 4.79 Å². The Labute approximate surface area is 318 Å². The van der Waals surface area contributed by atoms with Gasteiger partial charge >= 0.3 is 6.09 Å². The summed E-state index contributed by atoms with van der Waals surface area (Å²) in [5.74, 6) is -0.359. The predicted molar refractivity (Wildman–Crippen MR) is 208 cm³/mol. The van der Waals surface area contributed by atoms with Gasteiger partial charge < -0.3 is 34.9 Å². The molecule has 0 spiro atoms. The molecular weight excluding hydrogens is 699 g/mol. The summed E-state index contributed by atoms with van der Waals surface area (Å²) >= 11 is 0. The fourth-order valence-electron chi connectivity index (χ4n) is 7.50. The Morgan fingerprint density at radius 2 is 1.38 bits per heavy atom. The minimum Gasteiger partial charge on any atom is -0.456 e. The molecule has 3 heterocycles. The zero-order valence-electron chi connectivity index (χ0n) is 30.7. The Morgan fingerprint density at radius 3 is 2.05 bits per heavy atom. The van der Waals surface area contributed by atoms with Crippen molar-refractivity contribution in [2.45, 2.75) is 57.2 Å². The second-order valence-corrected chi connectivity index (χ2v) is 14.0. The summed E-state index contributed by atoms with van der Waals surface area (Å²) in [7, 11) is 1.23. The van der Waals surface area contributed by atoms with E-state index in [-0.39, 0.29) is 30.0 Å². The molecule has 2 saturated heterocycles. The smallest absolute Gasteiger partial charge is 0.407 e. The van der Waals surface area contributed by atoms with E-state index in [2.05, 4.69) is 16.0 Å². The molecule has 5 amide bonds. The number of benzene rings is 4. The number of nitrogens with one attached hydrogen (secondary N) is 3. The molecule has 0 radical (unpaired) electrons. The number of furan rings is 1. The van der Waals surface area contributed by atoms with Crippen LogP contribution in [0.25, 0.3) is 22.3 Å². The molecule has 55 heavy (non-hydrogen) atoms. The lowest BCUT2D eigenvalue weighted by atomic mass is 10.0. The van der Waals surface area contributed by atoms with Gasteiger partial charge in [0.2, 0.25) is 17.7 Å². The van der Waals surface area contributed by atoms with Crippen molar-refractivity contribution in [2.24, 2.45) is 0 Å². The summed E-state index contributed by atoms with van der Waals surface area (Å²) < 4.78 is 11.0. The van der Waals surface area contributed by atoms with Crippen molar-refractivity contribution in [1.82, 2.24) is 15.1 Å². The Balaban J connectivity index is 1.00. The maximum atomic E-state index is 13.8. The number of rotatable bonds is 10. The molecule has 0 saturated carbocycles. The van der Waals surface area contributed by atoms with Crippen molar-refractivity contribution in [2.75, 3.05) is 30.8 Å². The van der Waals surface area contributed by atoms with Gasteiger partial charge in [0, 0.05) is 35.4 Å². The number of carbonyl (C=O) groups is 5. The van der Waals surface area contributed by atoms with Gasteiger partial charge in [-0.3, -0.25) is 19.2 Å². The number of anilines is 2. The van der Waals surface area contributed by atoms with E-state index in [9.17, 15) is 24.0 Å². The Bertz CT molecular complexity index is 2200. The fraction of sp³-hybridized carbons (Fsp3) is 0.279. The van der Waals surface area contributed by atoms with E-state index < -0.39 is 24.2 Å². The van der Waals surface area contributed by atoms with E-state index >= 15 is 0 Å². The van der Waals surface area contributed by atoms with Crippen LogP contribution in [0.3, 0.4) is 0 Å². The number of ether oxygens (including phenoxy) is 1. The van der Waals surface area contributed by atoms with Crippen LogP contribution in [0.5, 0.6) is 0 Å². The number of alkyl carbamates (subject to hydrolysis) is 1. The monoisotopic (exact) mass is 741 g/mol. The van der Waals surface area contributed by atoms with Crippen LogP contribution in [0.4, 0.5) is 16.2 Å². The minimum atomic E-state index is -1.01. The molecule has 12 heteroatoms. The zero-order valence-corrected chi connectivity index (χ0v) is 30.7. The van der Waals surface area contributed by atoms with Crippen LogP contribution in [0.15, 0.2) is 108 Å². The van der Waals surface area contributed by atoms with Crippen molar-refractivity contribution in [3.8, 4) is 11.3 Å². The zero-order chi connectivity index (χ0) is 38.5. The summed E-state index contributed by atoms with van der Waals surface area (Å²) in [5, 5.41) is 9.39. The molecular formula is C43H43N5O7. The molecule has 5 aromatic rings.